The molecule has 0 bridgehead atoms. The molecule has 0 radical (unpaired) electrons. The van der Waals surface area contributed by atoms with Gasteiger partial charge in [0.15, 0.2) is 0 Å². The lowest BCUT2D eigenvalue weighted by molar-refractivity contribution is -0.118. The Morgan fingerprint density at radius 2 is 2.33 bits per heavy atom. The molecule has 1 atom stereocenters. The van der Waals surface area contributed by atoms with Gasteiger partial charge in [0.2, 0.25) is 5.91 Å². The van der Waals surface area contributed by atoms with Crippen LogP contribution in [0.25, 0.3) is 0 Å². The molecule has 0 saturated carbocycles. The third-order valence-corrected chi connectivity index (χ3v) is 3.99. The maximum atomic E-state index is 12.1. The van der Waals surface area contributed by atoms with E-state index < -0.39 is 0 Å². The van der Waals surface area contributed by atoms with Crippen LogP contribution in [0.3, 0.4) is 0 Å². The van der Waals surface area contributed by atoms with E-state index in [9.17, 15) is 4.79 Å². The van der Waals surface area contributed by atoms with Crippen molar-refractivity contribution >= 4 is 27.5 Å². The second-order valence-corrected chi connectivity index (χ2v) is 5.43. The molecule has 1 fully saturated rings. The predicted molar refractivity (Wildman–Crippen MR) is 75.6 cm³/mol. The smallest absolute Gasteiger partial charge is 0.241 e. The number of hydrogen-bond acceptors (Lipinski definition) is 3. The van der Waals surface area contributed by atoms with Crippen molar-refractivity contribution in [3.05, 3.63) is 22.4 Å². The highest BCUT2D eigenvalue weighted by molar-refractivity contribution is 9.10. The van der Waals surface area contributed by atoms with Gasteiger partial charge in [0.25, 0.3) is 0 Å². The molecule has 0 spiro atoms. The number of carbonyl (C=O) groups is 1. The molecule has 2 heterocycles. The van der Waals surface area contributed by atoms with E-state index in [4.69, 9.17) is 0 Å². The monoisotopic (exact) mass is 311 g/mol. The average Bonchev–Trinajstić information content (AvgIpc) is 2.62. The largest absolute Gasteiger partial charge is 0.323 e. The number of amides is 1. The molecular formula is C13H18BrN3O. The van der Waals surface area contributed by atoms with Crippen LogP contribution < -0.4 is 10.6 Å². The summed E-state index contributed by atoms with van der Waals surface area (Å²) in [5, 5.41) is 6.21. The molecule has 1 saturated heterocycles. The quantitative estimate of drug-likeness (QED) is 0.826. The van der Waals surface area contributed by atoms with Crippen molar-refractivity contribution in [2.45, 2.75) is 38.6 Å². The standard InChI is InChI=1S/C13H18BrN3O/c1-9-7-10(8-16-12(9)14)17-13(18)11-5-3-2-4-6-15-11/h7-8,11,15H,2-6H2,1H3,(H,17,18). The number of aromatic nitrogens is 1. The van der Waals surface area contributed by atoms with E-state index in [1.165, 1.54) is 6.42 Å². The molecule has 1 aromatic heterocycles. The fraction of sp³-hybridized carbons (Fsp3) is 0.538. The van der Waals surface area contributed by atoms with Gasteiger partial charge in [0.1, 0.15) is 4.60 Å². The summed E-state index contributed by atoms with van der Waals surface area (Å²) in [5.74, 6) is 0.0421. The van der Waals surface area contributed by atoms with Crippen LogP contribution in [0.15, 0.2) is 16.9 Å². The molecule has 1 aliphatic rings. The Balaban J connectivity index is 1.99. The van der Waals surface area contributed by atoms with Gasteiger partial charge in [0.05, 0.1) is 17.9 Å². The zero-order valence-electron chi connectivity index (χ0n) is 10.5. The number of nitrogens with zero attached hydrogens (tertiary/aromatic N) is 1. The van der Waals surface area contributed by atoms with Crippen LogP contribution in [0.2, 0.25) is 0 Å². The predicted octanol–water partition coefficient (Wildman–Crippen LogP) is 2.62. The van der Waals surface area contributed by atoms with Crippen molar-refractivity contribution in [2.75, 3.05) is 11.9 Å². The van der Waals surface area contributed by atoms with E-state index in [0.717, 1.165) is 41.7 Å². The zero-order valence-corrected chi connectivity index (χ0v) is 12.1. The average molecular weight is 312 g/mol. The molecule has 2 rings (SSSR count). The Hall–Kier alpha value is -0.940. The van der Waals surface area contributed by atoms with Gasteiger partial charge in [-0.25, -0.2) is 4.98 Å². The van der Waals surface area contributed by atoms with Crippen molar-refractivity contribution in [1.29, 1.82) is 0 Å². The SMILES string of the molecule is Cc1cc(NC(=O)C2CCCCCN2)cnc1Br. The van der Waals surface area contributed by atoms with E-state index in [2.05, 4.69) is 31.5 Å². The first-order valence-corrected chi connectivity index (χ1v) is 7.12. The van der Waals surface area contributed by atoms with Crippen LogP contribution >= 0.6 is 15.9 Å². The van der Waals surface area contributed by atoms with E-state index in [-0.39, 0.29) is 11.9 Å². The van der Waals surface area contributed by atoms with Crippen LogP contribution in [0.4, 0.5) is 5.69 Å². The molecule has 1 unspecified atom stereocenters. The Bertz CT molecular complexity index is 428. The lowest BCUT2D eigenvalue weighted by Crippen LogP contribution is -2.39. The number of pyridine rings is 1. The van der Waals surface area contributed by atoms with E-state index >= 15 is 0 Å². The number of rotatable bonds is 2. The van der Waals surface area contributed by atoms with E-state index in [1.54, 1.807) is 6.20 Å². The Labute approximate surface area is 116 Å². The van der Waals surface area contributed by atoms with Gasteiger partial charge in [-0.15, -0.1) is 0 Å². The van der Waals surface area contributed by atoms with Crippen LogP contribution in [-0.4, -0.2) is 23.5 Å². The van der Waals surface area contributed by atoms with E-state index in [0.29, 0.717) is 0 Å². The van der Waals surface area contributed by atoms with Crippen molar-refractivity contribution < 1.29 is 4.79 Å². The molecule has 1 aliphatic heterocycles. The molecular weight excluding hydrogens is 294 g/mol. The second-order valence-electron chi connectivity index (χ2n) is 4.68. The number of aryl methyl sites for hydroxylation is 1. The van der Waals surface area contributed by atoms with Crippen molar-refractivity contribution in [3.8, 4) is 0 Å². The van der Waals surface area contributed by atoms with Gasteiger partial charge in [-0.3, -0.25) is 4.79 Å². The molecule has 18 heavy (non-hydrogen) atoms. The minimum Gasteiger partial charge on any atom is -0.323 e. The van der Waals surface area contributed by atoms with Crippen molar-refractivity contribution in [3.63, 3.8) is 0 Å². The first kappa shape index (κ1) is 13.5. The van der Waals surface area contributed by atoms with Gasteiger partial charge >= 0.3 is 0 Å². The highest BCUT2D eigenvalue weighted by Gasteiger charge is 2.19. The topological polar surface area (TPSA) is 54.0 Å². The highest BCUT2D eigenvalue weighted by Crippen LogP contribution is 2.17. The fourth-order valence-electron chi connectivity index (χ4n) is 2.11. The first-order valence-electron chi connectivity index (χ1n) is 6.33. The molecule has 98 valence electrons. The minimum atomic E-state index is -0.0727. The molecule has 4 nitrogen and oxygen atoms in total. The second kappa shape index (κ2) is 6.29. The summed E-state index contributed by atoms with van der Waals surface area (Å²) >= 11 is 3.35. The molecule has 0 aromatic carbocycles. The molecule has 0 aliphatic carbocycles. The fourth-order valence-corrected chi connectivity index (χ4v) is 2.33. The summed E-state index contributed by atoms with van der Waals surface area (Å²) in [6.45, 7) is 2.88. The maximum absolute atomic E-state index is 12.1. The zero-order chi connectivity index (χ0) is 13.0. The van der Waals surface area contributed by atoms with Crippen LogP contribution in [0.5, 0.6) is 0 Å². The third kappa shape index (κ3) is 3.53. The van der Waals surface area contributed by atoms with Crippen LogP contribution in [0, 0.1) is 6.92 Å². The van der Waals surface area contributed by atoms with Gasteiger partial charge in [-0.1, -0.05) is 12.8 Å². The van der Waals surface area contributed by atoms with Crippen LogP contribution in [-0.2, 0) is 4.79 Å². The summed E-state index contributed by atoms with van der Waals surface area (Å²) in [6, 6.07) is 1.85. The summed E-state index contributed by atoms with van der Waals surface area (Å²) < 4.78 is 0.813. The summed E-state index contributed by atoms with van der Waals surface area (Å²) in [6.07, 6.45) is 6.06. The Kier molecular flexibility index (Phi) is 4.72. The molecule has 2 N–H and O–H groups in total. The van der Waals surface area contributed by atoms with Crippen molar-refractivity contribution in [1.82, 2.24) is 10.3 Å². The lowest BCUT2D eigenvalue weighted by Gasteiger charge is -2.15. The maximum Gasteiger partial charge on any atom is 0.241 e. The highest BCUT2D eigenvalue weighted by atomic mass is 79.9. The van der Waals surface area contributed by atoms with Gasteiger partial charge in [0, 0.05) is 0 Å². The number of anilines is 1. The number of hydrogen-bond donors (Lipinski definition) is 2. The number of carbonyl (C=O) groups excluding carboxylic acids is 1. The lowest BCUT2D eigenvalue weighted by atomic mass is 10.1. The molecule has 1 amide bonds. The van der Waals surface area contributed by atoms with Crippen LogP contribution in [0.1, 0.15) is 31.2 Å². The Morgan fingerprint density at radius 1 is 1.50 bits per heavy atom. The summed E-state index contributed by atoms with van der Waals surface area (Å²) in [7, 11) is 0. The number of halogens is 1. The minimum absolute atomic E-state index is 0.0421. The Morgan fingerprint density at radius 3 is 3.11 bits per heavy atom. The van der Waals surface area contributed by atoms with Gasteiger partial charge in [-0.2, -0.15) is 0 Å². The third-order valence-electron chi connectivity index (χ3n) is 3.16. The summed E-state index contributed by atoms with van der Waals surface area (Å²) in [4.78, 5) is 16.3. The molecule has 5 heteroatoms. The normalized spacial score (nSPS) is 20.2. The van der Waals surface area contributed by atoms with Gasteiger partial charge in [-0.05, 0) is 53.9 Å². The number of nitrogens with one attached hydrogen (secondary N) is 2. The summed E-state index contributed by atoms with van der Waals surface area (Å²) in [5.41, 5.74) is 1.77. The molecule has 1 aromatic rings. The van der Waals surface area contributed by atoms with Gasteiger partial charge < -0.3 is 10.6 Å². The van der Waals surface area contributed by atoms with Crippen molar-refractivity contribution in [2.24, 2.45) is 0 Å². The van der Waals surface area contributed by atoms with E-state index in [1.807, 2.05) is 13.0 Å². The first-order chi connectivity index (χ1) is 8.66.